The maximum atomic E-state index is 12.7. The second-order valence-electron chi connectivity index (χ2n) is 7.12. The number of hydrogen-bond donors (Lipinski definition) is 1. The maximum absolute atomic E-state index is 12.7. The number of rotatable bonds is 4. The Labute approximate surface area is 156 Å². The van der Waals surface area contributed by atoms with Crippen LogP contribution in [0.3, 0.4) is 0 Å². The van der Waals surface area contributed by atoms with Crippen molar-refractivity contribution < 1.29 is 14.3 Å². The molecule has 5 nitrogen and oxygen atoms in total. The number of nitrogens with one attached hydrogen (secondary N) is 1. The van der Waals surface area contributed by atoms with E-state index in [0.29, 0.717) is 6.61 Å². The Kier molecular flexibility index (Phi) is 3.99. The SMILES string of the molecule is O=C1Nc2ccc(Sc3ccncc3)cc2[C@]12OCCC(CC1CC1)O2. The van der Waals surface area contributed by atoms with Gasteiger partial charge in [0.15, 0.2) is 0 Å². The standard InChI is InChI=1S/C20H20N2O3S/c23-19-20(24-10-7-14(25-20)11-13-1-2-13)17-12-16(3-4-18(17)22-19)26-15-5-8-21-9-6-15/h3-6,8-9,12-14H,1-2,7,10-11H2,(H,22,23)/t14?,20-/m1/s1. The lowest BCUT2D eigenvalue weighted by molar-refractivity contribution is -0.281. The number of aromatic nitrogens is 1. The van der Waals surface area contributed by atoms with Crippen molar-refractivity contribution in [1.82, 2.24) is 4.98 Å². The molecule has 5 rings (SSSR count). The Balaban J connectivity index is 1.45. The fourth-order valence-electron chi connectivity index (χ4n) is 3.65. The molecule has 1 aromatic heterocycles. The van der Waals surface area contributed by atoms with Crippen molar-refractivity contribution in [3.8, 4) is 0 Å². The summed E-state index contributed by atoms with van der Waals surface area (Å²) in [5.41, 5.74) is 1.57. The van der Waals surface area contributed by atoms with E-state index in [2.05, 4.69) is 10.3 Å². The normalized spacial score (nSPS) is 27.4. The minimum atomic E-state index is -1.29. The van der Waals surface area contributed by atoms with Crippen molar-refractivity contribution in [2.75, 3.05) is 11.9 Å². The third kappa shape index (κ3) is 2.92. The van der Waals surface area contributed by atoms with E-state index in [9.17, 15) is 4.79 Å². The molecule has 1 unspecified atom stereocenters. The van der Waals surface area contributed by atoms with Gasteiger partial charge in [-0.15, -0.1) is 0 Å². The summed E-state index contributed by atoms with van der Waals surface area (Å²) >= 11 is 1.63. The largest absolute Gasteiger partial charge is 0.338 e. The Morgan fingerprint density at radius 1 is 1.15 bits per heavy atom. The highest BCUT2D eigenvalue weighted by Crippen LogP contribution is 2.47. The summed E-state index contributed by atoms with van der Waals surface area (Å²) in [6, 6.07) is 9.89. The molecule has 1 saturated heterocycles. The van der Waals surface area contributed by atoms with E-state index in [1.165, 1.54) is 12.8 Å². The predicted octanol–water partition coefficient (Wildman–Crippen LogP) is 3.94. The molecule has 2 aromatic rings. The molecule has 1 saturated carbocycles. The minimum Gasteiger partial charge on any atom is -0.338 e. The summed E-state index contributed by atoms with van der Waals surface area (Å²) < 4.78 is 12.2. The molecule has 0 radical (unpaired) electrons. The fourth-order valence-corrected chi connectivity index (χ4v) is 4.49. The topological polar surface area (TPSA) is 60.5 Å². The van der Waals surface area contributed by atoms with Crippen LogP contribution in [-0.2, 0) is 20.1 Å². The second-order valence-corrected chi connectivity index (χ2v) is 8.27. The number of nitrogens with zero attached hydrogens (tertiary/aromatic N) is 1. The number of benzene rings is 1. The van der Waals surface area contributed by atoms with Gasteiger partial charge in [-0.25, -0.2) is 0 Å². The van der Waals surface area contributed by atoms with Gasteiger partial charge in [0.1, 0.15) is 0 Å². The summed E-state index contributed by atoms with van der Waals surface area (Å²) in [7, 11) is 0. The summed E-state index contributed by atoms with van der Waals surface area (Å²) in [4.78, 5) is 18.9. The van der Waals surface area contributed by atoms with Gasteiger partial charge in [-0.05, 0) is 49.1 Å². The lowest BCUT2D eigenvalue weighted by Gasteiger charge is -2.37. The molecule has 1 N–H and O–H groups in total. The second kappa shape index (κ2) is 6.37. The summed E-state index contributed by atoms with van der Waals surface area (Å²) in [6.07, 6.45) is 8.08. The average molecular weight is 368 g/mol. The van der Waals surface area contributed by atoms with Gasteiger partial charge in [-0.1, -0.05) is 24.6 Å². The zero-order valence-electron chi connectivity index (χ0n) is 14.3. The highest BCUT2D eigenvalue weighted by atomic mass is 32.2. The van der Waals surface area contributed by atoms with Gasteiger partial charge < -0.3 is 14.8 Å². The van der Waals surface area contributed by atoms with Crippen molar-refractivity contribution in [2.24, 2.45) is 5.92 Å². The van der Waals surface area contributed by atoms with Gasteiger partial charge in [0.05, 0.1) is 18.4 Å². The van der Waals surface area contributed by atoms with Crippen LogP contribution in [0.1, 0.15) is 31.2 Å². The van der Waals surface area contributed by atoms with Crippen molar-refractivity contribution in [3.05, 3.63) is 48.3 Å². The van der Waals surface area contributed by atoms with Crippen molar-refractivity contribution in [3.63, 3.8) is 0 Å². The van der Waals surface area contributed by atoms with Crippen LogP contribution in [0, 0.1) is 5.92 Å². The highest BCUT2D eigenvalue weighted by Gasteiger charge is 2.53. The Morgan fingerprint density at radius 2 is 2.00 bits per heavy atom. The molecule has 3 aliphatic rings. The Hall–Kier alpha value is -1.89. The van der Waals surface area contributed by atoms with Crippen LogP contribution in [0.5, 0.6) is 0 Å². The molecule has 26 heavy (non-hydrogen) atoms. The minimum absolute atomic E-state index is 0.0875. The first-order valence-corrected chi connectivity index (χ1v) is 9.90. The Morgan fingerprint density at radius 3 is 2.81 bits per heavy atom. The molecule has 1 aliphatic carbocycles. The van der Waals surface area contributed by atoms with Crippen molar-refractivity contribution in [2.45, 2.75) is 47.4 Å². The first kappa shape index (κ1) is 16.3. The third-order valence-electron chi connectivity index (χ3n) is 5.15. The first-order chi connectivity index (χ1) is 12.7. The molecule has 1 amide bonds. The molecular formula is C20H20N2O3S. The molecule has 3 heterocycles. The molecule has 134 valence electrons. The van der Waals surface area contributed by atoms with E-state index in [-0.39, 0.29) is 12.0 Å². The number of amides is 1. The molecule has 6 heteroatoms. The molecule has 0 bridgehead atoms. The summed E-state index contributed by atoms with van der Waals surface area (Å²) in [6.45, 7) is 0.548. The number of carbonyl (C=O) groups excluding carboxylic acids is 1. The molecule has 2 fully saturated rings. The molecule has 1 aromatic carbocycles. The van der Waals surface area contributed by atoms with Gasteiger partial charge >= 0.3 is 0 Å². The molecule has 2 atom stereocenters. The molecule has 2 aliphatic heterocycles. The number of hydrogen-bond acceptors (Lipinski definition) is 5. The maximum Gasteiger partial charge on any atom is 0.289 e. The van der Waals surface area contributed by atoms with E-state index in [1.807, 2.05) is 30.3 Å². The lowest BCUT2D eigenvalue weighted by atomic mass is 10.0. The smallest absolute Gasteiger partial charge is 0.289 e. The summed E-state index contributed by atoms with van der Waals surface area (Å²) in [5, 5.41) is 2.93. The van der Waals surface area contributed by atoms with Crippen LogP contribution in [0.4, 0.5) is 5.69 Å². The van der Waals surface area contributed by atoms with Gasteiger partial charge in [-0.2, -0.15) is 0 Å². The number of pyridine rings is 1. The molecule has 1 spiro atoms. The predicted molar refractivity (Wildman–Crippen MR) is 97.9 cm³/mol. The zero-order valence-corrected chi connectivity index (χ0v) is 15.1. The van der Waals surface area contributed by atoms with Gasteiger partial charge in [0.25, 0.3) is 11.7 Å². The number of anilines is 1. The van der Waals surface area contributed by atoms with Crippen LogP contribution in [0.25, 0.3) is 0 Å². The van der Waals surface area contributed by atoms with E-state index in [1.54, 1.807) is 24.2 Å². The van der Waals surface area contributed by atoms with Crippen LogP contribution in [0.2, 0.25) is 0 Å². The highest BCUT2D eigenvalue weighted by molar-refractivity contribution is 7.99. The van der Waals surface area contributed by atoms with Crippen LogP contribution in [0.15, 0.2) is 52.5 Å². The number of ether oxygens (including phenoxy) is 2. The van der Waals surface area contributed by atoms with E-state index < -0.39 is 5.79 Å². The van der Waals surface area contributed by atoms with Crippen LogP contribution < -0.4 is 5.32 Å². The van der Waals surface area contributed by atoms with E-state index in [4.69, 9.17) is 9.47 Å². The van der Waals surface area contributed by atoms with Gasteiger partial charge in [0.2, 0.25) is 0 Å². The monoisotopic (exact) mass is 368 g/mol. The van der Waals surface area contributed by atoms with Crippen molar-refractivity contribution in [1.29, 1.82) is 0 Å². The average Bonchev–Trinajstić information content (AvgIpc) is 3.43. The first-order valence-electron chi connectivity index (χ1n) is 9.08. The molecular weight excluding hydrogens is 348 g/mol. The van der Waals surface area contributed by atoms with Crippen LogP contribution in [-0.4, -0.2) is 23.6 Å². The van der Waals surface area contributed by atoms with E-state index >= 15 is 0 Å². The van der Waals surface area contributed by atoms with Gasteiger partial charge in [0, 0.05) is 27.7 Å². The third-order valence-corrected chi connectivity index (χ3v) is 6.15. The lowest BCUT2D eigenvalue weighted by Crippen LogP contribution is -2.47. The van der Waals surface area contributed by atoms with E-state index in [0.717, 1.165) is 39.8 Å². The fraction of sp³-hybridized carbons (Fsp3) is 0.400. The summed E-state index contributed by atoms with van der Waals surface area (Å²) in [5.74, 6) is -0.742. The van der Waals surface area contributed by atoms with Gasteiger partial charge in [-0.3, -0.25) is 9.78 Å². The van der Waals surface area contributed by atoms with Crippen LogP contribution >= 0.6 is 11.8 Å². The zero-order chi connectivity index (χ0) is 17.6. The number of carbonyl (C=O) groups is 1. The van der Waals surface area contributed by atoms with Crippen molar-refractivity contribution >= 4 is 23.4 Å². The Bertz CT molecular complexity index is 840. The quantitative estimate of drug-likeness (QED) is 0.886. The number of fused-ring (bicyclic) bond motifs is 2.